The van der Waals surface area contributed by atoms with E-state index in [1.54, 1.807) is 12.3 Å². The number of nitrogens with zero attached hydrogens (tertiary/aromatic N) is 1. The number of para-hydroxylation sites is 1. The van der Waals surface area contributed by atoms with Crippen molar-refractivity contribution in [3.8, 4) is 5.75 Å². The largest absolute Gasteiger partial charge is 0.491 e. The fourth-order valence-corrected chi connectivity index (χ4v) is 2.22. The second-order valence-corrected chi connectivity index (χ2v) is 4.47. The molecular weight excluding hydrogens is 256 g/mol. The van der Waals surface area contributed by atoms with Crippen molar-refractivity contribution in [1.29, 1.82) is 0 Å². The van der Waals surface area contributed by atoms with Crippen LogP contribution in [0, 0.1) is 0 Å². The smallest absolute Gasteiger partial charge is 0.356 e. The van der Waals surface area contributed by atoms with E-state index in [9.17, 15) is 4.79 Å². The maximum atomic E-state index is 11.5. The molecule has 1 aliphatic heterocycles. The minimum absolute atomic E-state index is 0.0686. The summed E-state index contributed by atoms with van der Waals surface area (Å²) in [4.78, 5) is 15.4. The molecule has 0 amide bonds. The van der Waals surface area contributed by atoms with E-state index in [0.717, 1.165) is 17.0 Å². The summed E-state index contributed by atoms with van der Waals surface area (Å²) < 4.78 is 10.3. The quantitative estimate of drug-likeness (QED) is 0.868. The number of hydrogen-bond acceptors (Lipinski definition) is 5. The van der Waals surface area contributed by atoms with Gasteiger partial charge in [0.05, 0.1) is 13.2 Å². The first-order chi connectivity index (χ1) is 9.78. The molecule has 102 valence electrons. The zero-order valence-corrected chi connectivity index (χ0v) is 11.0. The second kappa shape index (κ2) is 5.21. The Balaban J connectivity index is 1.81. The van der Waals surface area contributed by atoms with Crippen molar-refractivity contribution in [3.05, 3.63) is 53.9 Å². The van der Waals surface area contributed by atoms with Crippen molar-refractivity contribution in [2.75, 3.05) is 19.0 Å². The Morgan fingerprint density at radius 3 is 3.10 bits per heavy atom. The van der Waals surface area contributed by atoms with Gasteiger partial charge in [-0.3, -0.25) is 0 Å². The Kier molecular flexibility index (Phi) is 3.25. The van der Waals surface area contributed by atoms with Gasteiger partial charge in [-0.1, -0.05) is 18.2 Å². The number of carbonyl (C=O) groups is 1. The number of esters is 1. The van der Waals surface area contributed by atoms with Crippen LogP contribution in [-0.4, -0.2) is 24.7 Å². The number of carbonyl (C=O) groups excluding carboxylic acids is 1. The highest BCUT2D eigenvalue weighted by atomic mass is 16.5. The Bertz CT molecular complexity index is 643. The normalized spacial score (nSPS) is 16.1. The number of anilines is 1. The van der Waals surface area contributed by atoms with E-state index in [2.05, 4.69) is 15.0 Å². The van der Waals surface area contributed by atoms with Crippen LogP contribution in [0.25, 0.3) is 0 Å². The topological polar surface area (TPSA) is 60.5 Å². The van der Waals surface area contributed by atoms with Gasteiger partial charge in [0.2, 0.25) is 0 Å². The minimum Gasteiger partial charge on any atom is -0.491 e. The molecule has 3 rings (SSSR count). The highest BCUT2D eigenvalue weighted by molar-refractivity contribution is 5.88. The number of hydrogen-bond donors (Lipinski definition) is 1. The van der Waals surface area contributed by atoms with Crippen LogP contribution in [0.5, 0.6) is 5.75 Å². The lowest BCUT2D eigenvalue weighted by molar-refractivity contribution is 0.0594. The van der Waals surface area contributed by atoms with Crippen LogP contribution in [-0.2, 0) is 4.74 Å². The van der Waals surface area contributed by atoms with Crippen molar-refractivity contribution in [1.82, 2.24) is 4.98 Å². The average molecular weight is 270 g/mol. The molecule has 0 bridgehead atoms. The number of rotatable bonds is 3. The van der Waals surface area contributed by atoms with E-state index < -0.39 is 5.97 Å². The summed E-state index contributed by atoms with van der Waals surface area (Å²) >= 11 is 0. The minimum atomic E-state index is -0.447. The van der Waals surface area contributed by atoms with Crippen molar-refractivity contribution < 1.29 is 14.3 Å². The molecule has 2 aromatic rings. The number of benzene rings is 1. The molecule has 0 saturated heterocycles. The summed E-state index contributed by atoms with van der Waals surface area (Å²) in [6.45, 7) is 0.565. The van der Waals surface area contributed by atoms with Gasteiger partial charge in [-0.25, -0.2) is 9.78 Å². The third kappa shape index (κ3) is 2.30. The molecule has 1 aromatic heterocycles. The number of nitrogens with one attached hydrogen (secondary N) is 1. The van der Waals surface area contributed by atoms with Gasteiger partial charge in [0, 0.05) is 17.4 Å². The van der Waals surface area contributed by atoms with Gasteiger partial charge in [-0.05, 0) is 18.2 Å². The van der Waals surface area contributed by atoms with Gasteiger partial charge in [0.15, 0.2) is 0 Å². The molecule has 1 aromatic carbocycles. The maximum absolute atomic E-state index is 11.5. The SMILES string of the molecule is COC(=O)c1cc(NC2COc3ccccc32)ccn1. The fourth-order valence-electron chi connectivity index (χ4n) is 2.22. The summed E-state index contributed by atoms with van der Waals surface area (Å²) in [6, 6.07) is 11.5. The summed E-state index contributed by atoms with van der Waals surface area (Å²) in [5.41, 5.74) is 2.21. The van der Waals surface area contributed by atoms with E-state index in [0.29, 0.717) is 6.61 Å². The first-order valence-corrected chi connectivity index (χ1v) is 6.30. The van der Waals surface area contributed by atoms with Crippen molar-refractivity contribution in [2.24, 2.45) is 0 Å². The van der Waals surface area contributed by atoms with Crippen LogP contribution in [0.4, 0.5) is 5.69 Å². The first kappa shape index (κ1) is 12.5. The van der Waals surface area contributed by atoms with Gasteiger partial charge in [-0.15, -0.1) is 0 Å². The third-order valence-corrected chi connectivity index (χ3v) is 3.20. The molecule has 0 fully saturated rings. The van der Waals surface area contributed by atoms with E-state index in [1.807, 2.05) is 30.3 Å². The Hall–Kier alpha value is -2.56. The Morgan fingerprint density at radius 1 is 1.40 bits per heavy atom. The number of fused-ring (bicyclic) bond motifs is 1. The summed E-state index contributed by atoms with van der Waals surface area (Å²) in [6.07, 6.45) is 1.58. The van der Waals surface area contributed by atoms with Crippen LogP contribution < -0.4 is 10.1 Å². The second-order valence-electron chi connectivity index (χ2n) is 4.47. The molecule has 5 nitrogen and oxygen atoms in total. The molecule has 1 atom stereocenters. The lowest BCUT2D eigenvalue weighted by atomic mass is 10.1. The van der Waals surface area contributed by atoms with Gasteiger partial charge < -0.3 is 14.8 Å². The number of methoxy groups -OCH3 is 1. The molecule has 0 aliphatic carbocycles. The van der Waals surface area contributed by atoms with Crippen molar-refractivity contribution >= 4 is 11.7 Å². The molecule has 1 N–H and O–H groups in total. The molecule has 0 spiro atoms. The molecule has 5 heteroatoms. The van der Waals surface area contributed by atoms with Gasteiger partial charge in [0.1, 0.15) is 18.1 Å². The monoisotopic (exact) mass is 270 g/mol. The molecule has 0 radical (unpaired) electrons. The lowest BCUT2D eigenvalue weighted by Crippen LogP contribution is -2.13. The third-order valence-electron chi connectivity index (χ3n) is 3.20. The van der Waals surface area contributed by atoms with Crippen molar-refractivity contribution in [3.63, 3.8) is 0 Å². The van der Waals surface area contributed by atoms with E-state index in [1.165, 1.54) is 7.11 Å². The number of aromatic nitrogens is 1. The molecular formula is C15H14N2O3. The number of ether oxygens (including phenoxy) is 2. The summed E-state index contributed by atoms with van der Waals surface area (Å²) in [7, 11) is 1.34. The Morgan fingerprint density at radius 2 is 2.25 bits per heavy atom. The molecule has 20 heavy (non-hydrogen) atoms. The van der Waals surface area contributed by atoms with E-state index in [-0.39, 0.29) is 11.7 Å². The predicted octanol–water partition coefficient (Wildman–Crippen LogP) is 2.41. The Labute approximate surface area is 116 Å². The average Bonchev–Trinajstić information content (AvgIpc) is 2.90. The van der Waals surface area contributed by atoms with Gasteiger partial charge >= 0.3 is 5.97 Å². The summed E-state index contributed by atoms with van der Waals surface area (Å²) in [5, 5.41) is 3.34. The van der Waals surface area contributed by atoms with Crippen LogP contribution in [0.2, 0.25) is 0 Å². The van der Waals surface area contributed by atoms with Crippen LogP contribution in [0.15, 0.2) is 42.6 Å². The highest BCUT2D eigenvalue weighted by Gasteiger charge is 2.23. The van der Waals surface area contributed by atoms with E-state index >= 15 is 0 Å². The molecule has 1 aliphatic rings. The zero-order valence-electron chi connectivity index (χ0n) is 11.0. The lowest BCUT2D eigenvalue weighted by Gasteiger charge is -2.13. The number of pyridine rings is 1. The molecule has 2 heterocycles. The van der Waals surface area contributed by atoms with Gasteiger partial charge in [-0.2, -0.15) is 0 Å². The maximum Gasteiger partial charge on any atom is 0.356 e. The van der Waals surface area contributed by atoms with Crippen LogP contribution >= 0.6 is 0 Å². The highest BCUT2D eigenvalue weighted by Crippen LogP contribution is 2.33. The summed E-state index contributed by atoms with van der Waals surface area (Å²) in [5.74, 6) is 0.448. The fraction of sp³-hybridized carbons (Fsp3) is 0.200. The van der Waals surface area contributed by atoms with Crippen LogP contribution in [0.1, 0.15) is 22.1 Å². The van der Waals surface area contributed by atoms with Gasteiger partial charge in [0.25, 0.3) is 0 Å². The van der Waals surface area contributed by atoms with Crippen LogP contribution in [0.3, 0.4) is 0 Å². The molecule has 1 unspecified atom stereocenters. The predicted molar refractivity (Wildman–Crippen MR) is 73.9 cm³/mol. The zero-order chi connectivity index (χ0) is 13.9. The molecule has 0 saturated carbocycles. The van der Waals surface area contributed by atoms with Crippen molar-refractivity contribution in [2.45, 2.75) is 6.04 Å². The van der Waals surface area contributed by atoms with E-state index in [4.69, 9.17) is 4.74 Å². The first-order valence-electron chi connectivity index (χ1n) is 6.30. The standard InChI is InChI=1S/C15H14N2O3/c1-19-15(18)12-8-10(6-7-16-12)17-13-9-20-14-5-3-2-4-11(13)14/h2-8,13H,9H2,1H3,(H,16,17).